The molecule has 0 saturated carbocycles. The summed E-state index contributed by atoms with van der Waals surface area (Å²) in [5.74, 6) is 0.304. The molecule has 1 aliphatic rings. The first-order valence-electron chi connectivity index (χ1n) is 7.61. The smallest absolute Gasteiger partial charge is 0.325 e. The molecule has 7 nitrogen and oxygen atoms in total. The van der Waals surface area contributed by atoms with Crippen LogP contribution in [0.2, 0.25) is 0 Å². The van der Waals surface area contributed by atoms with E-state index in [1.165, 1.54) is 12.0 Å². The minimum atomic E-state index is -0.534. The van der Waals surface area contributed by atoms with E-state index in [0.29, 0.717) is 23.8 Å². The van der Waals surface area contributed by atoms with Crippen LogP contribution in [0.1, 0.15) is 12.5 Å². The number of benzene rings is 1. The van der Waals surface area contributed by atoms with Crippen LogP contribution in [0, 0.1) is 0 Å². The Morgan fingerprint density at radius 2 is 2.00 bits per heavy atom. The molecule has 1 aromatic carbocycles. The summed E-state index contributed by atoms with van der Waals surface area (Å²) in [5.41, 5.74) is 1.11. The molecule has 1 aromatic rings. The molecule has 8 heteroatoms. The molecule has 25 heavy (non-hydrogen) atoms. The van der Waals surface area contributed by atoms with Gasteiger partial charge in [-0.25, -0.2) is 0 Å². The number of carbonyl (C=O) groups excluding carboxylic acids is 2. The number of methoxy groups -OCH3 is 2. The van der Waals surface area contributed by atoms with E-state index in [9.17, 15) is 9.59 Å². The van der Waals surface area contributed by atoms with Crippen molar-refractivity contribution in [2.24, 2.45) is 0 Å². The van der Waals surface area contributed by atoms with E-state index in [-0.39, 0.29) is 17.6 Å². The number of hydrogen-bond acceptors (Lipinski definition) is 6. The Balaban J connectivity index is 2.32. The number of hydrogen-bond donors (Lipinski definition) is 0. The lowest BCUT2D eigenvalue weighted by Crippen LogP contribution is -2.36. The van der Waals surface area contributed by atoms with E-state index in [0.717, 1.165) is 5.56 Å². The molecule has 0 aliphatic carbocycles. The maximum atomic E-state index is 12.6. The molecule has 0 bridgehead atoms. The van der Waals surface area contributed by atoms with Crippen molar-refractivity contribution in [2.45, 2.75) is 6.92 Å². The molecule has 2 rings (SSSR count). The second-order valence-corrected chi connectivity index (χ2v) is 5.55. The minimum Gasteiger partial charge on any atom is -0.493 e. The van der Waals surface area contributed by atoms with Gasteiger partial charge in [0.2, 0.25) is 0 Å². The molecule has 0 N–H and O–H groups in total. The van der Waals surface area contributed by atoms with Gasteiger partial charge in [0.05, 0.1) is 20.8 Å². The first-order valence-corrected chi connectivity index (χ1v) is 8.02. The molecule has 1 amide bonds. The summed E-state index contributed by atoms with van der Waals surface area (Å²) in [6.07, 6.45) is 1.68. The first-order chi connectivity index (χ1) is 11.9. The first kappa shape index (κ1) is 18.7. The molecule has 0 radical (unpaired) electrons. The summed E-state index contributed by atoms with van der Waals surface area (Å²) >= 11 is 5.24. The van der Waals surface area contributed by atoms with Gasteiger partial charge in [-0.1, -0.05) is 6.07 Å². The number of likely N-dealkylation sites (N-methyl/N-ethyl adjacent to an activating group) is 1. The maximum Gasteiger partial charge on any atom is 0.325 e. The molecular weight excluding hydrogens is 344 g/mol. The Hall–Kier alpha value is -2.61. The molecule has 0 spiro atoms. The van der Waals surface area contributed by atoms with Crippen molar-refractivity contribution < 1.29 is 23.8 Å². The summed E-state index contributed by atoms with van der Waals surface area (Å²) in [6, 6.07) is 5.36. The lowest BCUT2D eigenvalue weighted by Gasteiger charge is -2.14. The SMILES string of the molecule is CCOc1ccc(/C=C2/C(=O)N(CC(=O)OC)C(=S)N2C)cc1OC. The maximum absolute atomic E-state index is 12.6. The third-order valence-corrected chi connectivity index (χ3v) is 4.14. The molecule has 0 atom stereocenters. The summed E-state index contributed by atoms with van der Waals surface area (Å²) in [6.45, 7) is 2.19. The number of thiocarbonyl (C=S) groups is 1. The highest BCUT2D eigenvalue weighted by atomic mass is 32.1. The second-order valence-electron chi connectivity index (χ2n) is 5.18. The van der Waals surface area contributed by atoms with Crippen LogP contribution in [-0.2, 0) is 14.3 Å². The quantitative estimate of drug-likeness (QED) is 0.432. The van der Waals surface area contributed by atoms with Gasteiger partial charge in [0.1, 0.15) is 12.2 Å². The largest absolute Gasteiger partial charge is 0.493 e. The van der Waals surface area contributed by atoms with E-state index >= 15 is 0 Å². The van der Waals surface area contributed by atoms with Crippen molar-refractivity contribution in [3.8, 4) is 11.5 Å². The van der Waals surface area contributed by atoms with E-state index in [1.54, 1.807) is 37.3 Å². The van der Waals surface area contributed by atoms with Crippen LogP contribution in [0.15, 0.2) is 23.9 Å². The minimum absolute atomic E-state index is 0.220. The van der Waals surface area contributed by atoms with Gasteiger partial charge in [0.15, 0.2) is 16.6 Å². The van der Waals surface area contributed by atoms with Crippen LogP contribution in [-0.4, -0.2) is 61.2 Å². The van der Waals surface area contributed by atoms with Crippen molar-refractivity contribution in [1.82, 2.24) is 9.80 Å². The van der Waals surface area contributed by atoms with Crippen LogP contribution in [0.4, 0.5) is 0 Å². The predicted octanol–water partition coefficient (Wildman–Crippen LogP) is 1.67. The Kier molecular flexibility index (Phi) is 5.97. The van der Waals surface area contributed by atoms with Crippen LogP contribution < -0.4 is 9.47 Å². The summed E-state index contributed by atoms with van der Waals surface area (Å²) in [5, 5.41) is 0.250. The zero-order valence-corrected chi connectivity index (χ0v) is 15.4. The van der Waals surface area contributed by atoms with Gasteiger partial charge >= 0.3 is 5.97 Å². The predicted molar refractivity (Wildman–Crippen MR) is 96.2 cm³/mol. The molecule has 0 aromatic heterocycles. The summed E-state index contributed by atoms with van der Waals surface area (Å²) in [4.78, 5) is 26.8. The molecule has 1 saturated heterocycles. The summed E-state index contributed by atoms with van der Waals surface area (Å²) in [7, 11) is 4.49. The van der Waals surface area contributed by atoms with E-state index in [2.05, 4.69) is 4.74 Å². The number of carbonyl (C=O) groups is 2. The van der Waals surface area contributed by atoms with Crippen LogP contribution >= 0.6 is 12.2 Å². The third kappa shape index (κ3) is 3.90. The van der Waals surface area contributed by atoms with Gasteiger partial charge in [-0.05, 0) is 42.9 Å². The van der Waals surface area contributed by atoms with Crippen molar-refractivity contribution in [1.29, 1.82) is 0 Å². The normalized spacial score (nSPS) is 15.8. The molecule has 1 aliphatic heterocycles. The monoisotopic (exact) mass is 364 g/mol. The number of rotatable bonds is 6. The van der Waals surface area contributed by atoms with Gasteiger partial charge < -0.3 is 19.1 Å². The van der Waals surface area contributed by atoms with Gasteiger partial charge in [0, 0.05) is 7.05 Å². The zero-order chi connectivity index (χ0) is 18.6. The molecule has 1 fully saturated rings. The Labute approximate surface area is 151 Å². The van der Waals surface area contributed by atoms with Crippen molar-refractivity contribution in [3.63, 3.8) is 0 Å². The van der Waals surface area contributed by atoms with Crippen molar-refractivity contribution in [3.05, 3.63) is 29.5 Å². The summed E-state index contributed by atoms with van der Waals surface area (Å²) < 4.78 is 15.4. The standard InChI is InChI=1S/C17H20N2O5S/c1-5-24-13-7-6-11(9-14(13)22-3)8-12-16(21)19(10-15(20)23-4)17(25)18(12)2/h6-9H,5,10H2,1-4H3/b12-8-. The highest BCUT2D eigenvalue weighted by Crippen LogP contribution is 2.30. The number of nitrogens with zero attached hydrogens (tertiary/aromatic N) is 2. The Morgan fingerprint density at radius 3 is 2.60 bits per heavy atom. The van der Waals surface area contributed by atoms with Crippen LogP contribution in [0.25, 0.3) is 6.08 Å². The lowest BCUT2D eigenvalue weighted by atomic mass is 10.1. The average Bonchev–Trinajstić information content (AvgIpc) is 2.80. The number of esters is 1. The van der Waals surface area contributed by atoms with Crippen molar-refractivity contribution in [2.75, 3.05) is 34.4 Å². The van der Waals surface area contributed by atoms with Crippen LogP contribution in [0.3, 0.4) is 0 Å². The van der Waals surface area contributed by atoms with E-state index in [4.69, 9.17) is 21.7 Å². The van der Waals surface area contributed by atoms with E-state index < -0.39 is 5.97 Å². The van der Waals surface area contributed by atoms with Gasteiger partial charge in [-0.3, -0.25) is 14.5 Å². The number of ether oxygens (including phenoxy) is 3. The molecule has 134 valence electrons. The van der Waals surface area contributed by atoms with Crippen molar-refractivity contribution >= 4 is 35.3 Å². The fourth-order valence-corrected chi connectivity index (χ4v) is 2.60. The molecular formula is C17H20N2O5S. The second kappa shape index (κ2) is 7.98. The average molecular weight is 364 g/mol. The topological polar surface area (TPSA) is 68.3 Å². The van der Waals surface area contributed by atoms with Crippen LogP contribution in [0.5, 0.6) is 11.5 Å². The van der Waals surface area contributed by atoms with Gasteiger partial charge in [-0.15, -0.1) is 0 Å². The number of amides is 1. The fourth-order valence-electron chi connectivity index (χ4n) is 2.35. The van der Waals surface area contributed by atoms with E-state index in [1.807, 2.05) is 13.0 Å². The lowest BCUT2D eigenvalue weighted by molar-refractivity contribution is -0.143. The highest BCUT2D eigenvalue weighted by Gasteiger charge is 2.37. The Morgan fingerprint density at radius 1 is 1.28 bits per heavy atom. The van der Waals surface area contributed by atoms with Gasteiger partial charge in [0.25, 0.3) is 5.91 Å². The zero-order valence-electron chi connectivity index (χ0n) is 14.6. The Bertz CT molecular complexity index is 732. The molecule has 1 heterocycles. The molecule has 0 unspecified atom stereocenters. The van der Waals surface area contributed by atoms with Gasteiger partial charge in [-0.2, -0.15) is 0 Å². The third-order valence-electron chi connectivity index (χ3n) is 3.65. The fraction of sp³-hybridized carbons (Fsp3) is 0.353. The highest BCUT2D eigenvalue weighted by molar-refractivity contribution is 7.80.